The van der Waals surface area contributed by atoms with Crippen LogP contribution in [-0.4, -0.2) is 229 Å². The molecule has 4 fully saturated rings. The number of hydrogen-bond acceptors (Lipinski definition) is 38. The minimum absolute atomic E-state index is 0.0146. The number of aliphatic hydroxyl groups excluding tert-OH is 5. The number of hydrogen-bond donors (Lipinski definition) is 17. The van der Waals surface area contributed by atoms with Gasteiger partial charge in [-0.3, -0.25) is 70.2 Å². The number of anilines is 4. The first-order valence-electron chi connectivity index (χ1n) is 27.7. The van der Waals surface area contributed by atoms with Crippen LogP contribution in [0.5, 0.6) is 0 Å². The molecule has 8 aromatic rings. The molecule has 21 unspecified atom stereocenters. The van der Waals surface area contributed by atoms with Crippen molar-refractivity contribution >= 4 is 130 Å². The van der Waals surface area contributed by atoms with Crippen molar-refractivity contribution in [1.82, 2.24) is 73.1 Å². The molecule has 4 saturated heterocycles. The number of nitrogen functional groups attached to an aromatic ring is 4. The maximum atomic E-state index is 14.0. The Morgan fingerprint density at radius 2 is 1.11 bits per heavy atom. The lowest BCUT2D eigenvalue weighted by atomic mass is 10.1. The van der Waals surface area contributed by atoms with Crippen LogP contribution in [-0.2, 0) is 91.8 Å². The topological polar surface area (TPSA) is 711 Å². The number of imidazole rings is 4. The van der Waals surface area contributed by atoms with E-state index < -0.39 is 178 Å². The Balaban J connectivity index is 0.740. The highest BCUT2D eigenvalue weighted by molar-refractivity contribution is 8.07. The number of nitrogens with two attached hydrogens (primary N) is 4. The molecular weight excluding hydrogens is 1470 g/mol. The van der Waals surface area contributed by atoms with Gasteiger partial charge in [-0.2, -0.15) is 18.6 Å². The third kappa shape index (κ3) is 14.3. The van der Waals surface area contributed by atoms with Gasteiger partial charge in [-0.15, -0.1) is 11.8 Å². The van der Waals surface area contributed by atoms with Gasteiger partial charge in [-0.25, -0.2) is 47.7 Å². The lowest BCUT2D eigenvalue weighted by Crippen LogP contribution is -2.46. The molecule has 4 aliphatic rings. The quantitative estimate of drug-likeness (QED) is 0.0188. The number of aromatic nitrogens is 16. The number of H-pyrrole nitrogens is 3. The zero-order valence-electron chi connectivity index (χ0n) is 49.4. The van der Waals surface area contributed by atoms with Crippen LogP contribution >= 0.6 is 49.8 Å². The summed E-state index contributed by atoms with van der Waals surface area (Å²) < 4.78 is 124. The molecule has 0 aliphatic carbocycles. The van der Waals surface area contributed by atoms with Gasteiger partial charge in [-0.1, -0.05) is 4.98 Å². The molecule has 21 atom stereocenters. The summed E-state index contributed by atoms with van der Waals surface area (Å²) in [6.45, 7) is -9.27. The summed E-state index contributed by atoms with van der Waals surface area (Å²) >= 11 is 6.16. The summed E-state index contributed by atoms with van der Waals surface area (Å²) in [5.41, 5.74) is 20.0. The van der Waals surface area contributed by atoms with E-state index in [2.05, 4.69) is 63.4 Å². The summed E-state index contributed by atoms with van der Waals surface area (Å²) in [6, 6.07) is 0. The Bertz CT molecular complexity index is 4830. The highest BCUT2D eigenvalue weighted by atomic mass is 32.5. The highest BCUT2D eigenvalue weighted by Crippen LogP contribution is 2.68. The van der Waals surface area contributed by atoms with E-state index >= 15 is 0 Å². The summed E-state index contributed by atoms with van der Waals surface area (Å²) in [5, 5.41) is 52.8. The maximum Gasteiger partial charge on any atom is 0.490 e. The number of aryl methyl sites for hydroxylation is 1. The van der Waals surface area contributed by atoms with Crippen molar-refractivity contribution in [3.8, 4) is 0 Å². The number of thioether (sulfide) groups is 1. The molecule has 0 saturated carbocycles. The van der Waals surface area contributed by atoms with Crippen molar-refractivity contribution in [2.75, 3.05) is 56.5 Å². The van der Waals surface area contributed by atoms with E-state index in [0.717, 1.165) is 46.1 Å². The third-order valence-corrected chi connectivity index (χ3v) is 23.6. The van der Waals surface area contributed by atoms with Crippen molar-refractivity contribution in [2.45, 2.75) is 96.5 Å². The first-order chi connectivity index (χ1) is 46.0. The van der Waals surface area contributed by atoms with Crippen LogP contribution in [0.4, 0.5) is 23.7 Å². The zero-order chi connectivity index (χ0) is 70.6. The summed E-state index contributed by atoms with van der Waals surface area (Å²) in [5.74, 6) is -1.16. The Morgan fingerprint density at radius 3 is 1.74 bits per heavy atom. The number of fused-ring (bicyclic) bond motifs is 4. The van der Waals surface area contributed by atoms with E-state index in [1.807, 2.05) is 0 Å². The number of ether oxygens (including phenoxy) is 4. The van der Waals surface area contributed by atoms with Crippen LogP contribution in [0.2, 0.25) is 0 Å². The van der Waals surface area contributed by atoms with E-state index in [9.17, 15) is 82.6 Å². The van der Waals surface area contributed by atoms with E-state index in [-0.39, 0.29) is 68.3 Å². The monoisotopic (exact) mass is 1520 g/mol. The number of aliphatic hydroxyl groups is 5. The molecule has 4 aliphatic heterocycles. The second-order valence-corrected chi connectivity index (χ2v) is 31.8. The van der Waals surface area contributed by atoms with Crippen LogP contribution < -0.4 is 44.2 Å². The minimum Gasteiger partial charge on any atom is -0.387 e. The van der Waals surface area contributed by atoms with E-state index in [1.54, 1.807) is 0 Å². The number of methoxy groups -OCH3 is 1. The highest BCUT2D eigenvalue weighted by Gasteiger charge is 2.55. The average molecular weight is 1520 g/mol. The molecule has 534 valence electrons. The summed E-state index contributed by atoms with van der Waals surface area (Å²) in [4.78, 5) is 132. The number of phosphoric acid groups is 4. The first-order valence-corrected chi connectivity index (χ1v) is 37.2. The van der Waals surface area contributed by atoms with Gasteiger partial charge in [-0.05, 0) is 11.8 Å². The van der Waals surface area contributed by atoms with Gasteiger partial charge < -0.3 is 96.4 Å². The predicted octanol–water partition coefficient (Wildman–Crippen LogP) is -5.40. The van der Waals surface area contributed by atoms with Gasteiger partial charge >= 0.3 is 43.7 Å². The van der Waals surface area contributed by atoms with Gasteiger partial charge in [0.1, 0.15) is 84.4 Å². The molecule has 98 heavy (non-hydrogen) atoms. The number of aromatic amines is 3. The summed E-state index contributed by atoms with van der Waals surface area (Å²) in [6.07, 6.45) is -18.8. The smallest absolute Gasteiger partial charge is 0.387 e. The molecule has 49 nitrogen and oxygen atoms in total. The first kappa shape index (κ1) is 71.7. The zero-order valence-corrected chi connectivity index (χ0v) is 55.5. The Hall–Kier alpha value is -6.16. The molecule has 12 rings (SSSR count). The maximum absolute atomic E-state index is 14.0. The van der Waals surface area contributed by atoms with Crippen LogP contribution in [0, 0.1) is 0 Å². The van der Waals surface area contributed by atoms with E-state index in [0.29, 0.717) is 11.8 Å². The molecular formula is C42H56N20O29P5S2+. The van der Waals surface area contributed by atoms with Crippen LogP contribution in [0.25, 0.3) is 44.7 Å². The standard InChI is InChI=1S/C42H55N20O29P5S2/c1-58-11-62(32-19(58)35(70)57-42(46)54-32)37-23(66)21(64)13(86-37)4-82-93(73,74)90-95(77,78)91-94(75,76)83-5-14-25(27(80-2)38(87-14)59-8-49-16-28(43)47-7-48-29(16)59)89-96(79,97)84-6-15-26(24(67)39(98-15)61-10-51-18-31(61)53-41(45)56-34(18)69)88-92(71,72)81-3-12-20(63)22(65)36(85-12)60-9-50-17-30(60)52-40(44)55-33(17)68/h7-15,20-27,36-39,63-67H,3-6H2,1-2H3,(H15-,43,44,45,46,47,48,52,53,54,55,56,57,68,69,70,71,72,73,74,75,76,77,78,79,97)/p+1. The predicted molar refractivity (Wildman–Crippen MR) is 325 cm³/mol. The molecule has 8 aromatic heterocycles. The molecule has 0 bridgehead atoms. The van der Waals surface area contributed by atoms with Crippen LogP contribution in [0.1, 0.15) is 24.1 Å². The van der Waals surface area contributed by atoms with Crippen molar-refractivity contribution in [1.29, 1.82) is 0 Å². The number of rotatable bonds is 25. The molecule has 0 aromatic carbocycles. The van der Waals surface area contributed by atoms with Gasteiger partial charge in [0.25, 0.3) is 22.6 Å². The van der Waals surface area contributed by atoms with Crippen molar-refractivity contribution in [2.24, 2.45) is 7.05 Å². The Morgan fingerprint density at radius 1 is 0.582 bits per heavy atom. The minimum atomic E-state index is -6.28. The molecule has 12 heterocycles. The fourth-order valence-corrected chi connectivity index (χ4v) is 18.6. The van der Waals surface area contributed by atoms with Crippen LogP contribution in [0.15, 0.2) is 46.0 Å². The lowest BCUT2D eigenvalue weighted by Gasteiger charge is -2.29. The Kier molecular flexibility index (Phi) is 19.7. The van der Waals surface area contributed by atoms with E-state index in [1.165, 1.54) is 22.5 Å². The third-order valence-electron chi connectivity index (χ3n) is 15.2. The number of nitrogens with zero attached hydrogens (tertiary/aromatic N) is 13. The lowest BCUT2D eigenvalue weighted by molar-refractivity contribution is -0.745. The van der Waals surface area contributed by atoms with Gasteiger partial charge in [0.05, 0.1) is 57.7 Å². The van der Waals surface area contributed by atoms with Crippen molar-refractivity contribution in [3.05, 3.63) is 62.7 Å². The fraction of sp³-hybridized carbons (Fsp3) is 0.524. The SMILES string of the molecule is COC1C(OP(O)(=S)OCC2SC(n3cnc4c(=O)[nH]c(N)nc43)C(O)C2OP(=O)(O)OCC2OC(n3cnc4c(=O)[nH]c(N)nc43)C(O)C2O)C(COP(=O)(O)OP(=O)(O)OP(=O)(O)OCC2OC([n+]3cn(C)c4c(=O)[nH]c(N)nc43)C(O)C2O)OC1n1cnc2c(N)ncnc21. The molecule has 21 N–H and O–H groups in total. The van der Waals surface area contributed by atoms with Crippen LogP contribution in [0.3, 0.4) is 0 Å². The Labute approximate surface area is 551 Å². The number of phosphoric ester groups is 3. The largest absolute Gasteiger partial charge is 0.490 e. The van der Waals surface area contributed by atoms with Gasteiger partial charge in [0.15, 0.2) is 52.6 Å². The van der Waals surface area contributed by atoms with Gasteiger partial charge in [0, 0.05) is 7.11 Å². The van der Waals surface area contributed by atoms with E-state index in [4.69, 9.17) is 80.8 Å². The second-order valence-electron chi connectivity index (χ2n) is 21.6. The normalized spacial score (nSPS) is 30.7. The molecule has 56 heteroatoms. The second kappa shape index (κ2) is 27.0. The summed E-state index contributed by atoms with van der Waals surface area (Å²) in [7, 11) is -21.2. The fourth-order valence-electron chi connectivity index (χ4n) is 11.0. The van der Waals surface area contributed by atoms with Crippen molar-refractivity contribution in [3.63, 3.8) is 0 Å². The molecule has 0 radical (unpaired) electrons. The average Bonchev–Trinajstić information content (AvgIpc) is 1.62. The molecule has 0 spiro atoms. The van der Waals surface area contributed by atoms with Crippen molar-refractivity contribution < 1.29 is 128 Å². The molecule has 0 amide bonds. The number of nitrogens with one attached hydrogen (secondary N) is 3. The van der Waals surface area contributed by atoms with Gasteiger partial charge in [0.2, 0.25) is 23.6 Å².